The lowest BCUT2D eigenvalue weighted by Gasteiger charge is -2.46. The Kier molecular flexibility index (Phi) is 6.22. The summed E-state index contributed by atoms with van der Waals surface area (Å²) in [5.41, 5.74) is 4.42. The number of piperidine rings is 2. The zero-order valence-electron chi connectivity index (χ0n) is 18.5. The Morgan fingerprint density at radius 2 is 1.44 bits per heavy atom. The molecule has 4 atom stereocenters. The second-order valence-electron chi connectivity index (χ2n) is 9.24. The van der Waals surface area contributed by atoms with Crippen LogP contribution in [0.1, 0.15) is 37.7 Å². The number of urea groups is 1. The van der Waals surface area contributed by atoms with Crippen molar-refractivity contribution in [2.24, 2.45) is 0 Å². The van der Waals surface area contributed by atoms with Crippen LogP contribution in [-0.4, -0.2) is 24.2 Å². The number of carbonyl (C=O) groups is 1. The van der Waals surface area contributed by atoms with Crippen LogP contribution in [0.3, 0.4) is 0 Å². The van der Waals surface area contributed by atoms with Crippen molar-refractivity contribution in [1.29, 1.82) is 0 Å². The summed E-state index contributed by atoms with van der Waals surface area (Å²) in [6, 6.07) is 30.5. The molecule has 4 heteroatoms. The molecule has 3 aromatic rings. The second-order valence-corrected chi connectivity index (χ2v) is 9.24. The summed E-state index contributed by atoms with van der Waals surface area (Å²) >= 11 is 0. The largest absolute Gasteiger partial charge is 0.335 e. The van der Waals surface area contributed by atoms with E-state index in [0.717, 1.165) is 36.2 Å². The lowest BCUT2D eigenvalue weighted by Crippen LogP contribution is -3.20. The van der Waals surface area contributed by atoms with Crippen LogP contribution >= 0.6 is 0 Å². The molecule has 2 fully saturated rings. The molecule has 3 aromatic carbocycles. The molecule has 0 aliphatic carbocycles. The van der Waals surface area contributed by atoms with Gasteiger partial charge in [-0.15, -0.1) is 0 Å². The van der Waals surface area contributed by atoms with Gasteiger partial charge in [0.2, 0.25) is 0 Å². The lowest BCUT2D eigenvalue weighted by molar-refractivity contribution is -0.973. The van der Waals surface area contributed by atoms with Crippen molar-refractivity contribution in [3.05, 3.63) is 90.5 Å². The van der Waals surface area contributed by atoms with Crippen molar-refractivity contribution in [1.82, 2.24) is 5.32 Å². The monoisotopic (exact) mass is 426 g/mol. The summed E-state index contributed by atoms with van der Waals surface area (Å²) < 4.78 is 0. The number of quaternary nitrogens is 1. The van der Waals surface area contributed by atoms with Gasteiger partial charge in [0.1, 0.15) is 6.54 Å². The maximum Gasteiger partial charge on any atom is 0.319 e. The number of amides is 2. The van der Waals surface area contributed by atoms with E-state index < -0.39 is 0 Å². The Morgan fingerprint density at radius 3 is 2.16 bits per heavy atom. The molecule has 0 saturated carbocycles. The normalized spacial score (nSPS) is 24.5. The van der Waals surface area contributed by atoms with Gasteiger partial charge in [-0.25, -0.2) is 4.79 Å². The maximum atomic E-state index is 12.9. The zero-order chi connectivity index (χ0) is 21.8. The molecule has 4 nitrogen and oxygen atoms in total. The SMILES string of the molecule is O=C(Nc1ccccc1-c1ccccc1)NC1C[C@H]2CCC[C@@H](C1)[NH+]2Cc1ccccc1. The summed E-state index contributed by atoms with van der Waals surface area (Å²) in [5, 5.41) is 6.41. The third-order valence-corrected chi connectivity index (χ3v) is 7.14. The van der Waals surface area contributed by atoms with Crippen molar-refractivity contribution in [3.8, 4) is 11.1 Å². The van der Waals surface area contributed by atoms with Gasteiger partial charge in [0.05, 0.1) is 17.8 Å². The molecule has 2 aliphatic heterocycles. The Labute approximate surface area is 190 Å². The first-order valence-corrected chi connectivity index (χ1v) is 11.9. The fourth-order valence-corrected chi connectivity index (χ4v) is 5.68. The summed E-state index contributed by atoms with van der Waals surface area (Å²) in [4.78, 5) is 14.6. The minimum absolute atomic E-state index is 0.0945. The third kappa shape index (κ3) is 4.71. The van der Waals surface area contributed by atoms with Crippen molar-refractivity contribution < 1.29 is 9.69 Å². The molecular weight excluding hydrogens is 394 g/mol. The molecule has 164 valence electrons. The number of rotatable bonds is 5. The highest BCUT2D eigenvalue weighted by Gasteiger charge is 2.42. The molecule has 32 heavy (non-hydrogen) atoms. The van der Waals surface area contributed by atoms with Crippen LogP contribution in [0.4, 0.5) is 10.5 Å². The first-order chi connectivity index (χ1) is 15.8. The van der Waals surface area contributed by atoms with Crippen LogP contribution in [0.15, 0.2) is 84.9 Å². The van der Waals surface area contributed by atoms with Gasteiger partial charge in [0, 0.05) is 30.0 Å². The first-order valence-electron chi connectivity index (χ1n) is 11.9. The Morgan fingerprint density at radius 1 is 0.812 bits per heavy atom. The molecule has 0 spiro atoms. The molecule has 2 bridgehead atoms. The van der Waals surface area contributed by atoms with Gasteiger partial charge in [-0.2, -0.15) is 0 Å². The average molecular weight is 427 g/mol. The predicted octanol–water partition coefficient (Wildman–Crippen LogP) is 4.64. The van der Waals surface area contributed by atoms with Crippen LogP contribution in [0.25, 0.3) is 11.1 Å². The van der Waals surface area contributed by atoms with Gasteiger partial charge in [-0.1, -0.05) is 78.9 Å². The highest BCUT2D eigenvalue weighted by atomic mass is 16.2. The van der Waals surface area contributed by atoms with E-state index in [1.807, 2.05) is 36.4 Å². The van der Waals surface area contributed by atoms with E-state index in [-0.39, 0.29) is 12.1 Å². The van der Waals surface area contributed by atoms with Crippen LogP contribution in [0.2, 0.25) is 0 Å². The molecule has 2 saturated heterocycles. The second kappa shape index (κ2) is 9.58. The quantitative estimate of drug-likeness (QED) is 0.547. The van der Waals surface area contributed by atoms with E-state index in [2.05, 4.69) is 59.2 Å². The molecule has 5 rings (SSSR count). The number of hydrogen-bond acceptors (Lipinski definition) is 1. The molecular formula is C28H32N3O+. The van der Waals surface area contributed by atoms with Crippen molar-refractivity contribution in [2.45, 2.75) is 56.8 Å². The van der Waals surface area contributed by atoms with Crippen LogP contribution < -0.4 is 15.5 Å². The Bertz CT molecular complexity index is 1020. The summed E-state index contributed by atoms with van der Waals surface area (Å²) in [6.45, 7) is 1.10. The summed E-state index contributed by atoms with van der Waals surface area (Å²) in [5.74, 6) is 0. The van der Waals surface area contributed by atoms with Gasteiger partial charge >= 0.3 is 6.03 Å². The van der Waals surface area contributed by atoms with Crippen molar-refractivity contribution in [3.63, 3.8) is 0 Å². The third-order valence-electron chi connectivity index (χ3n) is 7.14. The van der Waals surface area contributed by atoms with Crippen LogP contribution in [0.5, 0.6) is 0 Å². The first kappa shape index (κ1) is 20.8. The lowest BCUT2D eigenvalue weighted by atomic mass is 9.81. The van der Waals surface area contributed by atoms with Gasteiger partial charge < -0.3 is 15.5 Å². The smallest absolute Gasteiger partial charge is 0.319 e. The fraction of sp³-hybridized carbons (Fsp3) is 0.321. The maximum absolute atomic E-state index is 12.9. The van der Waals surface area contributed by atoms with Gasteiger partial charge in [-0.05, 0) is 30.9 Å². The number of nitrogens with one attached hydrogen (secondary N) is 3. The number of anilines is 1. The topological polar surface area (TPSA) is 45.6 Å². The van der Waals surface area contributed by atoms with E-state index in [1.54, 1.807) is 4.90 Å². The Balaban J connectivity index is 1.23. The molecule has 2 aliphatic rings. The number of benzene rings is 3. The van der Waals surface area contributed by atoms with Gasteiger partial charge in [0.15, 0.2) is 0 Å². The van der Waals surface area contributed by atoms with E-state index >= 15 is 0 Å². The average Bonchev–Trinajstić information content (AvgIpc) is 2.81. The summed E-state index contributed by atoms with van der Waals surface area (Å²) in [6.07, 6.45) is 5.96. The fourth-order valence-electron chi connectivity index (χ4n) is 5.68. The molecule has 2 unspecified atom stereocenters. The molecule has 0 radical (unpaired) electrons. The van der Waals surface area contributed by atoms with E-state index in [4.69, 9.17) is 0 Å². The van der Waals surface area contributed by atoms with E-state index in [1.165, 1.54) is 24.8 Å². The van der Waals surface area contributed by atoms with Crippen LogP contribution in [-0.2, 0) is 6.54 Å². The molecule has 3 N–H and O–H groups in total. The van der Waals surface area contributed by atoms with Gasteiger partial charge in [0.25, 0.3) is 0 Å². The molecule has 2 heterocycles. The highest BCUT2D eigenvalue weighted by Crippen LogP contribution is 2.28. The van der Waals surface area contributed by atoms with Crippen LogP contribution in [0, 0.1) is 0 Å². The standard InChI is InChI=1S/C28H31N3O/c32-28(30-27-17-8-7-16-26(27)22-12-5-2-6-13-22)29-23-18-24-14-9-15-25(19-23)31(24)20-21-10-3-1-4-11-21/h1-8,10-13,16-17,23-25H,9,14-15,18-20H2,(H2,29,30,32)/p+1/t23?,24-,25+. The molecule has 2 amide bonds. The molecule has 0 aromatic heterocycles. The highest BCUT2D eigenvalue weighted by molar-refractivity contribution is 5.94. The minimum atomic E-state index is -0.0945. The van der Waals surface area contributed by atoms with Crippen molar-refractivity contribution in [2.75, 3.05) is 5.32 Å². The van der Waals surface area contributed by atoms with Crippen molar-refractivity contribution >= 4 is 11.7 Å². The van der Waals surface area contributed by atoms with E-state index in [9.17, 15) is 4.79 Å². The predicted molar refractivity (Wildman–Crippen MR) is 130 cm³/mol. The van der Waals surface area contributed by atoms with E-state index in [0.29, 0.717) is 12.1 Å². The number of hydrogen-bond donors (Lipinski definition) is 3. The number of para-hydroxylation sites is 1. The van der Waals surface area contributed by atoms with Gasteiger partial charge in [-0.3, -0.25) is 0 Å². The Hall–Kier alpha value is -3.11. The summed E-state index contributed by atoms with van der Waals surface area (Å²) in [7, 11) is 0. The number of fused-ring (bicyclic) bond motifs is 2. The number of carbonyl (C=O) groups excluding carboxylic acids is 1. The minimum Gasteiger partial charge on any atom is -0.335 e. The zero-order valence-corrected chi connectivity index (χ0v) is 18.5.